The lowest BCUT2D eigenvalue weighted by Gasteiger charge is -2.37. The summed E-state index contributed by atoms with van der Waals surface area (Å²) < 4.78 is 24.6. The lowest BCUT2D eigenvalue weighted by molar-refractivity contribution is 0.284. The van der Waals surface area contributed by atoms with Crippen LogP contribution in [0.1, 0.15) is 40.6 Å². The molecule has 0 fully saturated rings. The maximum Gasteiger partial charge on any atom is 0.161 e. The first-order valence-corrected chi connectivity index (χ1v) is 12.9. The smallest absolute Gasteiger partial charge is 0.161 e. The lowest BCUT2D eigenvalue weighted by Crippen LogP contribution is -2.28. The van der Waals surface area contributed by atoms with Gasteiger partial charge in [-0.1, -0.05) is 54.6 Å². The van der Waals surface area contributed by atoms with Gasteiger partial charge in [0.1, 0.15) is 12.4 Å². The number of allylic oxidation sites excluding steroid dienone is 2. The van der Waals surface area contributed by atoms with E-state index in [2.05, 4.69) is 71.0 Å². The molecule has 1 aliphatic carbocycles. The Balaban J connectivity index is 1.14. The first-order chi connectivity index (χ1) is 18.7. The van der Waals surface area contributed by atoms with Crippen LogP contribution in [0.4, 0.5) is 15.8 Å². The van der Waals surface area contributed by atoms with Crippen molar-refractivity contribution >= 4 is 17.6 Å². The van der Waals surface area contributed by atoms with Crippen molar-refractivity contribution in [2.45, 2.75) is 25.0 Å². The zero-order valence-corrected chi connectivity index (χ0v) is 21.2. The molecule has 6 rings (SSSR count). The molecule has 0 radical (unpaired) electrons. The molecular weight excluding hydrogens is 475 g/mol. The quantitative estimate of drug-likeness (QED) is 0.205. The van der Waals surface area contributed by atoms with Gasteiger partial charge in [0.15, 0.2) is 11.5 Å². The number of anilines is 1. The normalized spacial score (nSPS) is 19.6. The molecular formula is C33H29FN2O2. The standard InChI is InChI=1S/C33H29FN2O2/c1-37-32-19-23(11-18-31(32)38-21-22-9-14-25(34)15-10-22)20-35-26-16-12-24(13-17-26)33-29-7-4-6-27(29)28-5-2-3-8-30(28)36-33/h2-6,8-20,27,29,33,36H,7,21H2,1H3/t27-,29-,33-/m0/s1. The molecule has 1 heterocycles. The second-order valence-corrected chi connectivity index (χ2v) is 9.74. The third-order valence-electron chi connectivity index (χ3n) is 7.38. The molecule has 1 N–H and O–H groups in total. The van der Waals surface area contributed by atoms with Crippen molar-refractivity contribution in [1.82, 2.24) is 0 Å². The molecule has 3 atom stereocenters. The Morgan fingerprint density at radius 1 is 0.947 bits per heavy atom. The number of methoxy groups -OCH3 is 1. The minimum Gasteiger partial charge on any atom is -0.493 e. The number of hydrogen-bond donors (Lipinski definition) is 1. The van der Waals surface area contributed by atoms with Gasteiger partial charge in [0, 0.05) is 17.8 Å². The van der Waals surface area contributed by atoms with Crippen LogP contribution in [0.15, 0.2) is 108 Å². The zero-order valence-electron chi connectivity index (χ0n) is 21.2. The van der Waals surface area contributed by atoms with Gasteiger partial charge in [0.2, 0.25) is 0 Å². The Labute approximate surface area is 222 Å². The third kappa shape index (κ3) is 4.92. The second-order valence-electron chi connectivity index (χ2n) is 9.74. The molecule has 0 aromatic heterocycles. The van der Waals surface area contributed by atoms with E-state index in [0.29, 0.717) is 29.9 Å². The van der Waals surface area contributed by atoms with Crippen molar-refractivity contribution in [2.24, 2.45) is 10.9 Å². The fourth-order valence-corrected chi connectivity index (χ4v) is 5.42. The lowest BCUT2D eigenvalue weighted by atomic mass is 9.77. The van der Waals surface area contributed by atoms with Crippen LogP contribution in [0.3, 0.4) is 0 Å². The van der Waals surface area contributed by atoms with Crippen LogP contribution >= 0.6 is 0 Å². The van der Waals surface area contributed by atoms with Crippen LogP contribution in [0.25, 0.3) is 0 Å². The predicted molar refractivity (Wildman–Crippen MR) is 150 cm³/mol. The molecule has 38 heavy (non-hydrogen) atoms. The Bertz CT molecular complexity index is 1480. The fraction of sp³-hybridized carbons (Fsp3) is 0.182. The number of nitrogens with zero attached hydrogens (tertiary/aromatic N) is 1. The molecule has 4 aromatic rings. The average molecular weight is 505 g/mol. The molecule has 0 saturated heterocycles. The maximum atomic E-state index is 13.1. The minimum absolute atomic E-state index is 0.263. The molecule has 4 aromatic carbocycles. The minimum atomic E-state index is -0.263. The molecule has 2 aliphatic rings. The van der Waals surface area contributed by atoms with Crippen LogP contribution in [0, 0.1) is 11.7 Å². The van der Waals surface area contributed by atoms with Crippen LogP contribution in [-0.2, 0) is 6.61 Å². The topological polar surface area (TPSA) is 42.8 Å². The SMILES string of the molecule is COc1cc(C=Nc2ccc([C@@H]3Nc4ccccc4[C@@H]4C=CC[C@@H]43)cc2)ccc1OCc1ccc(F)cc1. The summed E-state index contributed by atoms with van der Waals surface area (Å²) in [5.74, 6) is 1.97. The Kier molecular flexibility index (Phi) is 6.65. The summed E-state index contributed by atoms with van der Waals surface area (Å²) in [7, 11) is 1.61. The fourth-order valence-electron chi connectivity index (χ4n) is 5.42. The largest absolute Gasteiger partial charge is 0.493 e. The van der Waals surface area contributed by atoms with E-state index >= 15 is 0 Å². The number of benzene rings is 4. The van der Waals surface area contributed by atoms with Gasteiger partial charge < -0.3 is 14.8 Å². The number of nitrogens with one attached hydrogen (secondary N) is 1. The van der Waals surface area contributed by atoms with E-state index in [0.717, 1.165) is 23.2 Å². The van der Waals surface area contributed by atoms with Crippen molar-refractivity contribution in [3.8, 4) is 11.5 Å². The van der Waals surface area contributed by atoms with E-state index in [-0.39, 0.29) is 11.9 Å². The second kappa shape index (κ2) is 10.5. The number of halogens is 1. The molecule has 190 valence electrons. The number of hydrogen-bond acceptors (Lipinski definition) is 4. The Morgan fingerprint density at radius 2 is 1.76 bits per heavy atom. The molecule has 5 heteroatoms. The van der Waals surface area contributed by atoms with E-state index in [1.54, 1.807) is 19.2 Å². The third-order valence-corrected chi connectivity index (χ3v) is 7.38. The van der Waals surface area contributed by atoms with Crippen LogP contribution in [0.2, 0.25) is 0 Å². The monoisotopic (exact) mass is 504 g/mol. The van der Waals surface area contributed by atoms with Crippen molar-refractivity contribution in [1.29, 1.82) is 0 Å². The molecule has 0 bridgehead atoms. The first kappa shape index (κ1) is 24.0. The van der Waals surface area contributed by atoms with Gasteiger partial charge in [-0.25, -0.2) is 4.39 Å². The number of ether oxygens (including phenoxy) is 2. The Morgan fingerprint density at radius 3 is 2.58 bits per heavy atom. The molecule has 0 saturated carbocycles. The first-order valence-electron chi connectivity index (χ1n) is 12.9. The van der Waals surface area contributed by atoms with Crippen molar-refractivity contribution in [3.63, 3.8) is 0 Å². The summed E-state index contributed by atoms with van der Waals surface area (Å²) in [5.41, 5.74) is 6.58. The molecule has 1 aliphatic heterocycles. The van der Waals surface area contributed by atoms with E-state index in [1.165, 1.54) is 28.9 Å². The van der Waals surface area contributed by atoms with Crippen molar-refractivity contribution in [2.75, 3.05) is 12.4 Å². The van der Waals surface area contributed by atoms with Crippen LogP contribution < -0.4 is 14.8 Å². The van der Waals surface area contributed by atoms with Crippen molar-refractivity contribution in [3.05, 3.63) is 131 Å². The molecule has 4 nitrogen and oxygen atoms in total. The molecule has 0 unspecified atom stereocenters. The number of aliphatic imine (C=N–C) groups is 1. The predicted octanol–water partition coefficient (Wildman–Crippen LogP) is 7.99. The summed E-state index contributed by atoms with van der Waals surface area (Å²) in [6, 6.07) is 29.4. The van der Waals surface area contributed by atoms with Gasteiger partial charge in [-0.15, -0.1) is 0 Å². The highest BCUT2D eigenvalue weighted by Gasteiger charge is 2.37. The van der Waals surface area contributed by atoms with Gasteiger partial charge in [0.25, 0.3) is 0 Å². The Hall–Kier alpha value is -4.38. The zero-order chi connectivity index (χ0) is 25.9. The van der Waals surface area contributed by atoms with Gasteiger partial charge in [-0.3, -0.25) is 4.99 Å². The van der Waals surface area contributed by atoms with Crippen LogP contribution in [-0.4, -0.2) is 13.3 Å². The van der Waals surface area contributed by atoms with Gasteiger partial charge in [0.05, 0.1) is 18.8 Å². The van der Waals surface area contributed by atoms with Gasteiger partial charge in [-0.2, -0.15) is 0 Å². The highest BCUT2D eigenvalue weighted by molar-refractivity contribution is 5.83. The van der Waals surface area contributed by atoms with E-state index in [9.17, 15) is 4.39 Å². The highest BCUT2D eigenvalue weighted by atomic mass is 19.1. The van der Waals surface area contributed by atoms with Crippen molar-refractivity contribution < 1.29 is 13.9 Å². The summed E-state index contributed by atoms with van der Waals surface area (Å²) in [6.45, 7) is 0.329. The van der Waals surface area contributed by atoms with Crippen LogP contribution in [0.5, 0.6) is 11.5 Å². The summed E-state index contributed by atoms with van der Waals surface area (Å²) in [5, 5.41) is 3.78. The van der Waals surface area contributed by atoms with E-state index in [4.69, 9.17) is 9.47 Å². The number of fused-ring (bicyclic) bond motifs is 3. The summed E-state index contributed by atoms with van der Waals surface area (Å²) >= 11 is 0. The van der Waals surface area contributed by atoms with Gasteiger partial charge >= 0.3 is 0 Å². The molecule has 0 amide bonds. The number of rotatable bonds is 7. The van der Waals surface area contributed by atoms with Gasteiger partial charge in [-0.05, 0) is 83.1 Å². The highest BCUT2D eigenvalue weighted by Crippen LogP contribution is 2.49. The maximum absolute atomic E-state index is 13.1. The van der Waals surface area contributed by atoms with E-state index in [1.807, 2.05) is 24.4 Å². The molecule has 0 spiro atoms. The summed E-state index contributed by atoms with van der Waals surface area (Å²) in [4.78, 5) is 4.68. The summed E-state index contributed by atoms with van der Waals surface area (Å²) in [6.07, 6.45) is 7.59. The number of para-hydroxylation sites is 1. The van der Waals surface area contributed by atoms with E-state index < -0.39 is 0 Å². The average Bonchev–Trinajstić information content (AvgIpc) is 3.46.